The van der Waals surface area contributed by atoms with E-state index in [4.69, 9.17) is 10.2 Å². The van der Waals surface area contributed by atoms with Crippen LogP contribution in [-0.4, -0.2) is 52.9 Å². The molecule has 1 heterocycles. The van der Waals surface area contributed by atoms with Crippen LogP contribution in [0.15, 0.2) is 0 Å². The van der Waals surface area contributed by atoms with Gasteiger partial charge >= 0.3 is 12.0 Å². The van der Waals surface area contributed by atoms with Gasteiger partial charge in [0.15, 0.2) is 0 Å². The number of hydrogen-bond acceptors (Lipinski definition) is 3. The van der Waals surface area contributed by atoms with Gasteiger partial charge in [0, 0.05) is 32.2 Å². The van der Waals surface area contributed by atoms with E-state index in [9.17, 15) is 9.59 Å². The van der Waals surface area contributed by atoms with Gasteiger partial charge in [-0.15, -0.1) is 0 Å². The zero-order chi connectivity index (χ0) is 15.0. The number of carbonyl (C=O) groups is 2. The molecule has 20 heavy (non-hydrogen) atoms. The first-order chi connectivity index (χ1) is 9.54. The molecule has 0 aliphatic carbocycles. The van der Waals surface area contributed by atoms with Crippen molar-refractivity contribution in [2.45, 2.75) is 51.5 Å². The van der Waals surface area contributed by atoms with Crippen molar-refractivity contribution < 1.29 is 19.8 Å². The molecule has 0 aromatic rings. The quantitative estimate of drug-likeness (QED) is 0.660. The summed E-state index contributed by atoms with van der Waals surface area (Å²) in [7, 11) is 0. The minimum absolute atomic E-state index is 0.0923. The normalized spacial score (nSPS) is 20.5. The van der Waals surface area contributed by atoms with Crippen LogP contribution in [0.1, 0.15) is 45.4 Å². The Morgan fingerprint density at radius 1 is 1.40 bits per heavy atom. The van der Waals surface area contributed by atoms with E-state index in [-0.39, 0.29) is 31.0 Å². The van der Waals surface area contributed by atoms with Crippen molar-refractivity contribution in [2.75, 3.05) is 19.7 Å². The second kappa shape index (κ2) is 8.79. The van der Waals surface area contributed by atoms with Crippen LogP contribution in [-0.2, 0) is 4.79 Å². The average Bonchev–Trinajstić information content (AvgIpc) is 2.43. The maximum absolute atomic E-state index is 12.1. The molecular weight excluding hydrogens is 260 g/mol. The molecule has 3 N–H and O–H groups in total. The highest BCUT2D eigenvalue weighted by Gasteiger charge is 2.26. The van der Waals surface area contributed by atoms with E-state index in [1.807, 2.05) is 11.8 Å². The Morgan fingerprint density at radius 2 is 2.15 bits per heavy atom. The van der Waals surface area contributed by atoms with E-state index in [0.29, 0.717) is 19.4 Å². The molecule has 6 heteroatoms. The number of aliphatic hydroxyl groups is 1. The zero-order valence-corrected chi connectivity index (χ0v) is 12.2. The third-order valence-electron chi connectivity index (χ3n) is 3.80. The lowest BCUT2D eigenvalue weighted by Gasteiger charge is -2.35. The second-order valence-corrected chi connectivity index (χ2v) is 5.58. The molecule has 1 fully saturated rings. The first-order valence-corrected chi connectivity index (χ1v) is 7.41. The Morgan fingerprint density at radius 3 is 2.80 bits per heavy atom. The lowest BCUT2D eigenvalue weighted by molar-refractivity contribution is -0.137. The molecule has 0 aromatic carbocycles. The molecule has 0 saturated carbocycles. The minimum Gasteiger partial charge on any atom is -0.481 e. The highest BCUT2D eigenvalue weighted by Crippen LogP contribution is 2.19. The van der Waals surface area contributed by atoms with Crippen molar-refractivity contribution in [3.05, 3.63) is 0 Å². The van der Waals surface area contributed by atoms with Gasteiger partial charge < -0.3 is 20.4 Å². The number of piperidine rings is 1. The van der Waals surface area contributed by atoms with Gasteiger partial charge in [-0.2, -0.15) is 0 Å². The van der Waals surface area contributed by atoms with Crippen LogP contribution in [0.3, 0.4) is 0 Å². The first kappa shape index (κ1) is 16.8. The number of carbonyl (C=O) groups excluding carboxylic acids is 1. The van der Waals surface area contributed by atoms with Crippen LogP contribution in [0.25, 0.3) is 0 Å². The minimum atomic E-state index is -0.804. The van der Waals surface area contributed by atoms with Crippen molar-refractivity contribution in [1.29, 1.82) is 0 Å². The molecule has 2 atom stereocenters. The van der Waals surface area contributed by atoms with Crippen molar-refractivity contribution in [3.8, 4) is 0 Å². The summed E-state index contributed by atoms with van der Waals surface area (Å²) in [5, 5.41) is 20.5. The summed E-state index contributed by atoms with van der Waals surface area (Å²) in [6.07, 6.45) is 4.38. The summed E-state index contributed by atoms with van der Waals surface area (Å²) in [6, 6.07) is 0.0356. The Bertz CT molecular complexity index is 320. The predicted molar refractivity (Wildman–Crippen MR) is 75.5 cm³/mol. The Balaban J connectivity index is 2.34. The van der Waals surface area contributed by atoms with Crippen LogP contribution in [0.4, 0.5) is 4.79 Å². The van der Waals surface area contributed by atoms with Crippen molar-refractivity contribution >= 4 is 12.0 Å². The van der Waals surface area contributed by atoms with Crippen molar-refractivity contribution in [1.82, 2.24) is 10.2 Å². The fourth-order valence-corrected chi connectivity index (χ4v) is 2.55. The third kappa shape index (κ3) is 5.77. The highest BCUT2D eigenvalue weighted by molar-refractivity contribution is 5.74. The smallest absolute Gasteiger partial charge is 0.317 e. The number of nitrogens with one attached hydrogen (secondary N) is 1. The summed E-state index contributed by atoms with van der Waals surface area (Å²) < 4.78 is 0. The molecular formula is C14H26N2O4. The summed E-state index contributed by atoms with van der Waals surface area (Å²) in [6.45, 7) is 3.27. The molecule has 1 aliphatic rings. The lowest BCUT2D eigenvalue weighted by Crippen LogP contribution is -2.49. The van der Waals surface area contributed by atoms with E-state index in [0.717, 1.165) is 25.8 Å². The molecule has 1 rings (SSSR count). The maximum Gasteiger partial charge on any atom is 0.317 e. The van der Waals surface area contributed by atoms with Crippen molar-refractivity contribution in [2.24, 2.45) is 5.92 Å². The number of aliphatic hydroxyl groups excluding tert-OH is 1. The topological polar surface area (TPSA) is 89.9 Å². The molecule has 0 spiro atoms. The van der Waals surface area contributed by atoms with Gasteiger partial charge in [0.2, 0.25) is 0 Å². The molecule has 1 saturated heterocycles. The molecule has 2 amide bonds. The fourth-order valence-electron chi connectivity index (χ4n) is 2.55. The summed E-state index contributed by atoms with van der Waals surface area (Å²) in [5.41, 5.74) is 0. The number of aliphatic carboxylic acids is 1. The van der Waals surface area contributed by atoms with Gasteiger partial charge in [0.05, 0.1) is 0 Å². The molecule has 6 nitrogen and oxygen atoms in total. The Kier molecular flexibility index (Phi) is 7.36. The summed E-state index contributed by atoms with van der Waals surface area (Å²) in [4.78, 5) is 24.4. The van der Waals surface area contributed by atoms with Crippen LogP contribution < -0.4 is 5.32 Å². The van der Waals surface area contributed by atoms with Crippen LogP contribution in [0.5, 0.6) is 0 Å². The SMILES string of the molecule is CC(CCC(=O)O)CNC(=O)N1CCCCC1CCO. The number of carboxylic acids is 1. The number of rotatable bonds is 7. The average molecular weight is 286 g/mol. The van der Waals surface area contributed by atoms with Crippen LogP contribution in [0.2, 0.25) is 0 Å². The molecule has 1 aliphatic heterocycles. The van der Waals surface area contributed by atoms with Crippen molar-refractivity contribution in [3.63, 3.8) is 0 Å². The third-order valence-corrected chi connectivity index (χ3v) is 3.80. The first-order valence-electron chi connectivity index (χ1n) is 7.41. The predicted octanol–water partition coefficient (Wildman–Crippen LogP) is 1.43. The van der Waals surface area contributed by atoms with Gasteiger partial charge in [-0.05, 0) is 38.0 Å². The number of amides is 2. The largest absolute Gasteiger partial charge is 0.481 e. The van der Waals surface area contributed by atoms with E-state index in [2.05, 4.69) is 5.32 Å². The van der Waals surface area contributed by atoms with Gasteiger partial charge in [-0.1, -0.05) is 6.92 Å². The van der Waals surface area contributed by atoms with Gasteiger partial charge in [-0.25, -0.2) is 4.79 Å². The van der Waals surface area contributed by atoms with Gasteiger partial charge in [0.25, 0.3) is 0 Å². The fraction of sp³-hybridized carbons (Fsp3) is 0.857. The van der Waals surface area contributed by atoms with E-state index >= 15 is 0 Å². The lowest BCUT2D eigenvalue weighted by atomic mass is 10.00. The number of nitrogens with zero attached hydrogens (tertiary/aromatic N) is 1. The second-order valence-electron chi connectivity index (χ2n) is 5.58. The van der Waals surface area contributed by atoms with Gasteiger partial charge in [0.1, 0.15) is 0 Å². The molecule has 2 unspecified atom stereocenters. The zero-order valence-electron chi connectivity index (χ0n) is 12.2. The Hall–Kier alpha value is -1.30. The molecule has 0 bridgehead atoms. The highest BCUT2D eigenvalue weighted by atomic mass is 16.4. The molecule has 0 aromatic heterocycles. The monoisotopic (exact) mass is 286 g/mol. The van der Waals surface area contributed by atoms with E-state index < -0.39 is 5.97 Å². The summed E-state index contributed by atoms with van der Waals surface area (Å²) >= 11 is 0. The van der Waals surface area contributed by atoms with E-state index in [1.165, 1.54) is 0 Å². The molecule has 0 radical (unpaired) electrons. The maximum atomic E-state index is 12.1. The Labute approximate surface area is 120 Å². The number of hydrogen-bond donors (Lipinski definition) is 3. The van der Waals surface area contributed by atoms with Crippen LogP contribution in [0, 0.1) is 5.92 Å². The summed E-state index contributed by atoms with van der Waals surface area (Å²) in [5.74, 6) is -0.654. The molecule has 116 valence electrons. The number of urea groups is 1. The number of carboxylic acid groups (broad SMARTS) is 1. The van der Waals surface area contributed by atoms with Crippen LogP contribution >= 0.6 is 0 Å². The number of likely N-dealkylation sites (tertiary alicyclic amines) is 1. The van der Waals surface area contributed by atoms with E-state index in [1.54, 1.807) is 0 Å². The standard InChI is InChI=1S/C14H26N2O4/c1-11(5-6-13(18)19)10-15-14(20)16-8-3-2-4-12(16)7-9-17/h11-12,17H,2-10H2,1H3,(H,15,20)(H,18,19). The van der Waals surface area contributed by atoms with Gasteiger partial charge in [-0.3, -0.25) is 4.79 Å².